The number of carboxylic acid groups (broad SMARTS) is 3. The molecule has 0 bridgehead atoms. The molecule has 0 amide bonds. The molecule has 0 rings (SSSR count). The monoisotopic (exact) mass is 366 g/mol. The van der Waals surface area contributed by atoms with E-state index < -0.39 is 30.0 Å². The Labute approximate surface area is 146 Å². The van der Waals surface area contributed by atoms with Crippen LogP contribution in [-0.4, -0.2) is 64.4 Å². The van der Waals surface area contributed by atoms with Gasteiger partial charge in [-0.25, -0.2) is 0 Å². The molecule has 0 saturated heterocycles. The van der Waals surface area contributed by atoms with Crippen LogP contribution in [-0.2, 0) is 14.4 Å². The Morgan fingerprint density at radius 3 is 1.64 bits per heavy atom. The van der Waals surface area contributed by atoms with Crippen LogP contribution in [0.5, 0.6) is 0 Å². The Kier molecular flexibility index (Phi) is 18.0. The van der Waals surface area contributed by atoms with Gasteiger partial charge in [-0.3, -0.25) is 19.4 Å². The van der Waals surface area contributed by atoms with Crippen LogP contribution in [0.3, 0.4) is 0 Å². The highest BCUT2D eigenvalue weighted by molar-refractivity contribution is 5.75. The van der Waals surface area contributed by atoms with Crippen molar-refractivity contribution in [3.05, 3.63) is 0 Å². The molecular weight excluding hydrogens is 336 g/mol. The van der Waals surface area contributed by atoms with Crippen LogP contribution in [0.4, 0.5) is 0 Å². The van der Waals surface area contributed by atoms with Gasteiger partial charge in [0.2, 0.25) is 0 Å². The van der Waals surface area contributed by atoms with E-state index in [-0.39, 0.29) is 18.4 Å². The molecule has 0 fully saturated rings. The number of aliphatic imine (C=N–C) groups is 1. The molecule has 0 aromatic heterocycles. The number of nitrogens with zero attached hydrogens (tertiary/aromatic N) is 1. The summed E-state index contributed by atoms with van der Waals surface area (Å²) in [4.78, 5) is 33.2. The molecule has 0 spiro atoms. The predicted octanol–water partition coefficient (Wildman–Crippen LogP) is -2.46. The molecule has 2 atom stereocenters. The van der Waals surface area contributed by atoms with E-state index in [9.17, 15) is 14.4 Å². The highest BCUT2D eigenvalue weighted by Crippen LogP contribution is 1.96. The second-order valence-electron chi connectivity index (χ2n) is 5.10. The highest BCUT2D eigenvalue weighted by Gasteiger charge is 2.14. The van der Waals surface area contributed by atoms with Crippen molar-refractivity contribution in [2.45, 2.75) is 38.8 Å². The van der Waals surface area contributed by atoms with E-state index in [0.717, 1.165) is 0 Å². The van der Waals surface area contributed by atoms with Gasteiger partial charge >= 0.3 is 17.9 Å². The molecule has 2 unspecified atom stereocenters. The molecule has 12 nitrogen and oxygen atoms in total. The zero-order valence-electron chi connectivity index (χ0n) is 14.5. The topological polar surface area (TPSA) is 254 Å². The molecule has 13 N–H and O–H groups in total. The van der Waals surface area contributed by atoms with Crippen LogP contribution in [0.1, 0.15) is 26.7 Å². The fourth-order valence-electron chi connectivity index (χ4n) is 0.928. The van der Waals surface area contributed by atoms with Crippen LogP contribution >= 0.6 is 0 Å². The van der Waals surface area contributed by atoms with Crippen LogP contribution < -0.4 is 28.7 Å². The van der Waals surface area contributed by atoms with Crippen molar-refractivity contribution in [1.29, 1.82) is 0 Å². The van der Waals surface area contributed by atoms with Crippen molar-refractivity contribution in [2.75, 3.05) is 13.1 Å². The summed E-state index contributed by atoms with van der Waals surface area (Å²) in [6, 6.07) is -1.53. The zero-order valence-corrected chi connectivity index (χ0v) is 14.5. The summed E-state index contributed by atoms with van der Waals surface area (Å²) in [7, 11) is 0. The minimum Gasteiger partial charge on any atom is -0.480 e. The Morgan fingerprint density at radius 2 is 1.44 bits per heavy atom. The Hall–Kier alpha value is -2.44. The maximum Gasteiger partial charge on any atom is 0.320 e. The fourth-order valence-corrected chi connectivity index (χ4v) is 0.928. The molecule has 0 aromatic rings. The van der Waals surface area contributed by atoms with Crippen molar-refractivity contribution < 1.29 is 29.7 Å². The molecule has 0 heterocycles. The summed E-state index contributed by atoms with van der Waals surface area (Å²) in [6.07, 6.45) is 0.956. The Bertz CT molecular complexity index is 425. The van der Waals surface area contributed by atoms with Gasteiger partial charge in [0, 0.05) is 6.54 Å². The number of carbonyl (C=O) groups is 3. The SMILES string of the molecule is CC(C)C(N)C(=O)O.NC(N)=NCCCC(N)C(=O)O.NCC(=O)O. The number of nitrogens with two attached hydrogens (primary N) is 5. The maximum atomic E-state index is 10.2. The molecular formula is C13H30N6O6. The number of hydrogen-bond acceptors (Lipinski definition) is 7. The Balaban J connectivity index is -0.000000321. The van der Waals surface area contributed by atoms with Gasteiger partial charge < -0.3 is 44.0 Å². The average molecular weight is 366 g/mol. The number of guanidine groups is 1. The van der Waals surface area contributed by atoms with Gasteiger partial charge in [-0.15, -0.1) is 0 Å². The quantitative estimate of drug-likeness (QED) is 0.127. The molecule has 0 saturated carbocycles. The van der Waals surface area contributed by atoms with Gasteiger partial charge in [0.1, 0.15) is 12.1 Å². The summed E-state index contributed by atoms with van der Waals surface area (Å²) in [5.74, 6) is -2.86. The molecule has 12 heteroatoms. The normalized spacial score (nSPS) is 11.8. The smallest absolute Gasteiger partial charge is 0.320 e. The van der Waals surface area contributed by atoms with Crippen molar-refractivity contribution in [3.63, 3.8) is 0 Å². The fraction of sp³-hybridized carbons (Fsp3) is 0.692. The molecule has 148 valence electrons. The molecule has 0 radical (unpaired) electrons. The van der Waals surface area contributed by atoms with E-state index in [1.165, 1.54) is 0 Å². The second-order valence-corrected chi connectivity index (χ2v) is 5.10. The third-order valence-corrected chi connectivity index (χ3v) is 2.46. The van der Waals surface area contributed by atoms with Gasteiger partial charge in [-0.05, 0) is 18.8 Å². The lowest BCUT2D eigenvalue weighted by atomic mass is 10.1. The van der Waals surface area contributed by atoms with E-state index in [1.807, 2.05) is 0 Å². The number of aliphatic carboxylic acids is 3. The number of rotatable bonds is 8. The van der Waals surface area contributed by atoms with Gasteiger partial charge in [-0.2, -0.15) is 0 Å². The first kappa shape index (κ1) is 27.4. The minimum atomic E-state index is -1.00. The molecule has 0 aliphatic carbocycles. The van der Waals surface area contributed by atoms with Gasteiger partial charge in [0.25, 0.3) is 0 Å². The summed E-state index contributed by atoms with van der Waals surface area (Å²) in [6.45, 7) is 3.70. The lowest BCUT2D eigenvalue weighted by Crippen LogP contribution is -2.34. The summed E-state index contributed by atoms with van der Waals surface area (Å²) in [5.41, 5.74) is 25.1. The van der Waals surface area contributed by atoms with E-state index in [0.29, 0.717) is 19.4 Å². The van der Waals surface area contributed by atoms with E-state index in [4.69, 9.17) is 38.3 Å². The first-order chi connectivity index (χ1) is 11.4. The predicted molar refractivity (Wildman–Crippen MR) is 92.7 cm³/mol. The van der Waals surface area contributed by atoms with Gasteiger partial charge in [-0.1, -0.05) is 13.8 Å². The lowest BCUT2D eigenvalue weighted by molar-refractivity contribution is -0.140. The van der Waals surface area contributed by atoms with Gasteiger partial charge in [0.15, 0.2) is 5.96 Å². The van der Waals surface area contributed by atoms with Crippen LogP contribution in [0.15, 0.2) is 4.99 Å². The van der Waals surface area contributed by atoms with Crippen molar-refractivity contribution >= 4 is 23.9 Å². The lowest BCUT2D eigenvalue weighted by Gasteiger charge is -2.07. The van der Waals surface area contributed by atoms with Crippen molar-refractivity contribution in [2.24, 2.45) is 39.6 Å². The van der Waals surface area contributed by atoms with Crippen molar-refractivity contribution in [1.82, 2.24) is 0 Å². The number of hydrogen-bond donors (Lipinski definition) is 8. The first-order valence-corrected chi connectivity index (χ1v) is 7.30. The zero-order chi connectivity index (χ0) is 20.6. The van der Waals surface area contributed by atoms with Crippen molar-refractivity contribution in [3.8, 4) is 0 Å². The van der Waals surface area contributed by atoms with E-state index in [2.05, 4.69) is 10.7 Å². The van der Waals surface area contributed by atoms with Crippen LogP contribution in [0.25, 0.3) is 0 Å². The van der Waals surface area contributed by atoms with Gasteiger partial charge in [0.05, 0.1) is 6.54 Å². The third kappa shape index (κ3) is 23.9. The largest absolute Gasteiger partial charge is 0.480 e. The third-order valence-electron chi connectivity index (χ3n) is 2.46. The molecule has 0 aliphatic rings. The summed E-state index contributed by atoms with van der Waals surface area (Å²) >= 11 is 0. The summed E-state index contributed by atoms with van der Waals surface area (Å²) in [5, 5.41) is 24.2. The Morgan fingerprint density at radius 1 is 1.00 bits per heavy atom. The molecule has 0 aromatic carbocycles. The second kappa shape index (κ2) is 16.4. The standard InChI is InChI=1S/C6H14N4O2.C5H11NO2.C2H5NO2/c7-4(5(11)12)2-1-3-10-6(8)9;1-3(2)4(6)5(7)8;3-1-2(4)5/h4H,1-3,7H2,(H,11,12)(H4,8,9,10);3-4H,6H2,1-2H3,(H,7,8);1,3H2,(H,4,5). The van der Waals surface area contributed by atoms with Crippen LogP contribution in [0.2, 0.25) is 0 Å². The van der Waals surface area contributed by atoms with Crippen LogP contribution in [0, 0.1) is 5.92 Å². The van der Waals surface area contributed by atoms with E-state index in [1.54, 1.807) is 13.8 Å². The number of carboxylic acids is 3. The molecule has 25 heavy (non-hydrogen) atoms. The highest BCUT2D eigenvalue weighted by atomic mass is 16.4. The van der Waals surface area contributed by atoms with E-state index >= 15 is 0 Å². The average Bonchev–Trinajstić information content (AvgIpc) is 2.51. The summed E-state index contributed by atoms with van der Waals surface area (Å²) < 4.78 is 0. The molecule has 0 aliphatic heterocycles. The maximum absolute atomic E-state index is 10.2. The minimum absolute atomic E-state index is 0.0129. The first-order valence-electron chi connectivity index (χ1n) is 7.30.